The third kappa shape index (κ3) is 3.29. The number of nitriles is 1. The van der Waals surface area contributed by atoms with Crippen LogP contribution in [-0.4, -0.2) is 4.92 Å². The molecule has 1 aromatic rings. The molecule has 0 saturated heterocycles. The van der Waals surface area contributed by atoms with Crippen molar-refractivity contribution in [1.29, 1.82) is 5.26 Å². The van der Waals surface area contributed by atoms with Gasteiger partial charge in [0.15, 0.2) is 0 Å². The first-order valence-electron chi connectivity index (χ1n) is 4.10. The predicted octanol–water partition coefficient (Wildman–Crippen LogP) is 3.39. The SMILES string of the molecule is CC.N#Cc1cc(Br)cc(F)c1[N+](=O)[O-]. The molecule has 4 nitrogen and oxygen atoms in total. The van der Waals surface area contributed by atoms with Crippen molar-refractivity contribution in [3.05, 3.63) is 38.1 Å². The fraction of sp³-hybridized carbons (Fsp3) is 0.222. The lowest BCUT2D eigenvalue weighted by molar-refractivity contribution is -0.387. The minimum Gasteiger partial charge on any atom is -0.258 e. The zero-order valence-electron chi connectivity index (χ0n) is 8.12. The molecule has 0 bridgehead atoms. The molecule has 1 rings (SSSR count). The molecule has 0 unspecified atom stereocenters. The Labute approximate surface area is 94.6 Å². The number of halogens is 2. The van der Waals surface area contributed by atoms with Gasteiger partial charge in [-0.2, -0.15) is 9.65 Å². The van der Waals surface area contributed by atoms with Gasteiger partial charge in [-0.15, -0.1) is 0 Å². The summed E-state index contributed by atoms with van der Waals surface area (Å²) in [5.74, 6) is -1.02. The molecule has 0 saturated carbocycles. The van der Waals surface area contributed by atoms with Crippen LogP contribution in [0.2, 0.25) is 0 Å². The number of hydrogen-bond acceptors (Lipinski definition) is 3. The summed E-state index contributed by atoms with van der Waals surface area (Å²) in [6.07, 6.45) is 0. The molecule has 0 radical (unpaired) electrons. The maximum atomic E-state index is 12.9. The van der Waals surface area contributed by atoms with Gasteiger partial charge in [-0.25, -0.2) is 0 Å². The van der Waals surface area contributed by atoms with Crippen LogP contribution in [0.25, 0.3) is 0 Å². The smallest absolute Gasteiger partial charge is 0.258 e. The van der Waals surface area contributed by atoms with Gasteiger partial charge in [0, 0.05) is 4.47 Å². The maximum absolute atomic E-state index is 12.9. The van der Waals surface area contributed by atoms with E-state index in [0.29, 0.717) is 4.47 Å². The second-order valence-electron chi connectivity index (χ2n) is 2.15. The molecule has 0 aliphatic heterocycles. The number of benzene rings is 1. The van der Waals surface area contributed by atoms with Crippen molar-refractivity contribution < 1.29 is 9.31 Å². The average Bonchev–Trinajstić information content (AvgIpc) is 2.18. The lowest BCUT2D eigenvalue weighted by Gasteiger charge is -1.96. The van der Waals surface area contributed by atoms with Crippen LogP contribution in [0.4, 0.5) is 10.1 Å². The highest BCUT2D eigenvalue weighted by atomic mass is 79.9. The molecule has 0 amide bonds. The van der Waals surface area contributed by atoms with Crippen LogP contribution in [0.5, 0.6) is 0 Å². The van der Waals surface area contributed by atoms with Gasteiger partial charge in [-0.3, -0.25) is 10.1 Å². The standard InChI is InChI=1S/C7H2BrFN2O2.C2H6/c8-5-1-4(3-10)7(11(12)13)6(9)2-5;1-2/h1-2H;1-2H3. The van der Waals surface area contributed by atoms with E-state index in [1.165, 1.54) is 6.07 Å². The quantitative estimate of drug-likeness (QED) is 0.582. The highest BCUT2D eigenvalue weighted by Gasteiger charge is 2.20. The highest BCUT2D eigenvalue weighted by molar-refractivity contribution is 9.10. The number of nitro benzene ring substituents is 1. The molecule has 0 fully saturated rings. The van der Waals surface area contributed by atoms with Gasteiger partial charge in [0.05, 0.1) is 4.92 Å². The van der Waals surface area contributed by atoms with E-state index in [9.17, 15) is 14.5 Å². The maximum Gasteiger partial charge on any atom is 0.322 e. The molecule has 0 aromatic heterocycles. The van der Waals surface area contributed by atoms with Gasteiger partial charge in [-0.1, -0.05) is 29.8 Å². The van der Waals surface area contributed by atoms with Crippen LogP contribution >= 0.6 is 15.9 Å². The lowest BCUT2D eigenvalue weighted by atomic mass is 10.2. The first-order valence-corrected chi connectivity index (χ1v) is 4.89. The molecule has 0 aliphatic rings. The Kier molecular flexibility index (Phi) is 5.49. The fourth-order valence-electron chi connectivity index (χ4n) is 0.837. The van der Waals surface area contributed by atoms with Crippen LogP contribution in [0.1, 0.15) is 19.4 Å². The first kappa shape index (κ1) is 13.5. The summed E-state index contributed by atoms with van der Waals surface area (Å²) >= 11 is 2.92. The monoisotopic (exact) mass is 274 g/mol. The minimum atomic E-state index is -1.02. The zero-order chi connectivity index (χ0) is 12.0. The number of nitro groups is 1. The molecule has 0 atom stereocenters. The van der Waals surface area contributed by atoms with Crippen molar-refractivity contribution in [1.82, 2.24) is 0 Å². The van der Waals surface area contributed by atoms with Crippen LogP contribution in [0.15, 0.2) is 16.6 Å². The molecule has 0 heterocycles. The van der Waals surface area contributed by atoms with Crippen LogP contribution in [0.3, 0.4) is 0 Å². The van der Waals surface area contributed by atoms with E-state index in [1.54, 1.807) is 6.07 Å². The van der Waals surface area contributed by atoms with E-state index in [4.69, 9.17) is 5.26 Å². The molecule has 6 heteroatoms. The number of nitrogens with zero attached hydrogens (tertiary/aromatic N) is 2. The second kappa shape index (κ2) is 6.09. The van der Waals surface area contributed by atoms with E-state index in [1.807, 2.05) is 13.8 Å². The Morgan fingerprint density at radius 3 is 2.47 bits per heavy atom. The van der Waals surface area contributed by atoms with Crippen LogP contribution < -0.4 is 0 Å². The molecule has 1 aromatic carbocycles. The van der Waals surface area contributed by atoms with E-state index in [-0.39, 0.29) is 5.56 Å². The third-order valence-corrected chi connectivity index (χ3v) is 1.79. The zero-order valence-corrected chi connectivity index (χ0v) is 9.71. The van der Waals surface area contributed by atoms with Gasteiger partial charge in [0.1, 0.15) is 11.6 Å². The Morgan fingerprint density at radius 1 is 1.53 bits per heavy atom. The highest BCUT2D eigenvalue weighted by Crippen LogP contribution is 2.25. The van der Waals surface area contributed by atoms with Gasteiger partial charge < -0.3 is 0 Å². The molecule has 0 spiro atoms. The summed E-state index contributed by atoms with van der Waals surface area (Å²) in [5.41, 5.74) is -1.08. The Hall–Kier alpha value is -1.48. The Balaban J connectivity index is 0.000000921. The lowest BCUT2D eigenvalue weighted by Crippen LogP contribution is -1.96. The van der Waals surface area contributed by atoms with Crippen LogP contribution in [0, 0.1) is 27.3 Å². The van der Waals surface area contributed by atoms with Crippen molar-refractivity contribution in [2.24, 2.45) is 0 Å². The second-order valence-corrected chi connectivity index (χ2v) is 3.07. The van der Waals surface area contributed by atoms with E-state index < -0.39 is 16.4 Å². The van der Waals surface area contributed by atoms with Gasteiger partial charge >= 0.3 is 5.69 Å². The molecular formula is C9H8BrFN2O2. The Morgan fingerprint density at radius 2 is 2.07 bits per heavy atom. The van der Waals surface area contributed by atoms with Crippen molar-refractivity contribution >= 4 is 21.6 Å². The summed E-state index contributed by atoms with van der Waals surface area (Å²) in [7, 11) is 0. The summed E-state index contributed by atoms with van der Waals surface area (Å²) in [6.45, 7) is 4.00. The van der Waals surface area contributed by atoms with E-state index in [2.05, 4.69) is 15.9 Å². The van der Waals surface area contributed by atoms with E-state index in [0.717, 1.165) is 6.07 Å². The van der Waals surface area contributed by atoms with Crippen molar-refractivity contribution in [3.63, 3.8) is 0 Å². The number of hydrogen-bond donors (Lipinski definition) is 0. The first-order chi connectivity index (χ1) is 7.06. The topological polar surface area (TPSA) is 66.9 Å². The molecule has 15 heavy (non-hydrogen) atoms. The summed E-state index contributed by atoms with van der Waals surface area (Å²) < 4.78 is 13.2. The van der Waals surface area contributed by atoms with Gasteiger partial charge in [-0.05, 0) is 12.1 Å². The van der Waals surface area contributed by atoms with Gasteiger partial charge in [0.25, 0.3) is 0 Å². The summed E-state index contributed by atoms with van der Waals surface area (Å²) in [5, 5.41) is 18.8. The van der Waals surface area contributed by atoms with Crippen molar-refractivity contribution in [3.8, 4) is 6.07 Å². The van der Waals surface area contributed by atoms with E-state index >= 15 is 0 Å². The molecular weight excluding hydrogens is 267 g/mol. The predicted molar refractivity (Wildman–Crippen MR) is 56.8 cm³/mol. The minimum absolute atomic E-state index is 0.295. The molecule has 0 aliphatic carbocycles. The summed E-state index contributed by atoms with van der Waals surface area (Å²) in [6, 6.07) is 3.69. The Bertz CT molecular complexity index is 415. The molecule has 0 N–H and O–H groups in total. The summed E-state index contributed by atoms with van der Waals surface area (Å²) in [4.78, 5) is 9.40. The average molecular weight is 275 g/mol. The van der Waals surface area contributed by atoms with Crippen molar-refractivity contribution in [2.45, 2.75) is 13.8 Å². The van der Waals surface area contributed by atoms with Crippen LogP contribution in [-0.2, 0) is 0 Å². The third-order valence-electron chi connectivity index (χ3n) is 1.33. The normalized spacial score (nSPS) is 8.47. The largest absolute Gasteiger partial charge is 0.322 e. The van der Waals surface area contributed by atoms with Crippen molar-refractivity contribution in [2.75, 3.05) is 0 Å². The fourth-order valence-corrected chi connectivity index (χ4v) is 1.27. The van der Waals surface area contributed by atoms with Gasteiger partial charge in [0.2, 0.25) is 5.82 Å². The number of rotatable bonds is 1. The molecule has 80 valence electrons.